The maximum Gasteiger partial charge on any atom is 0.408 e. The third kappa shape index (κ3) is 9.97. The average molecular weight is 775 g/mol. The number of thiazole rings is 1. The summed E-state index contributed by atoms with van der Waals surface area (Å²) in [4.78, 5) is 63.0. The molecule has 1 unspecified atom stereocenters. The molecule has 17 heteroatoms. The number of anilines is 1. The van der Waals surface area contributed by atoms with Crippen LogP contribution in [0.4, 0.5) is 9.93 Å². The first-order valence-corrected chi connectivity index (χ1v) is 20.6. The Morgan fingerprint density at radius 2 is 1.85 bits per heavy atom. The maximum atomic E-state index is 14.2. The predicted molar refractivity (Wildman–Crippen MR) is 202 cm³/mol. The van der Waals surface area contributed by atoms with E-state index in [9.17, 15) is 23.8 Å². The van der Waals surface area contributed by atoms with Crippen LogP contribution in [0.3, 0.4) is 0 Å². The van der Waals surface area contributed by atoms with Gasteiger partial charge in [0.05, 0.1) is 24.4 Å². The van der Waals surface area contributed by atoms with Crippen molar-refractivity contribution in [3.05, 3.63) is 29.6 Å². The lowest BCUT2D eigenvalue weighted by Crippen LogP contribution is -2.57. The number of amides is 3. The van der Waals surface area contributed by atoms with Gasteiger partial charge in [0.25, 0.3) is 0 Å². The lowest BCUT2D eigenvalue weighted by Gasteiger charge is -2.34. The fourth-order valence-electron chi connectivity index (χ4n) is 6.35. The summed E-state index contributed by atoms with van der Waals surface area (Å²) in [6.45, 7) is 11.3. The Kier molecular flexibility index (Phi) is 12.6. The third-order valence-electron chi connectivity index (χ3n) is 9.42. The average Bonchev–Trinajstić information content (AvgIpc) is 3.87. The summed E-state index contributed by atoms with van der Waals surface area (Å²) in [6, 6.07) is 4.98. The van der Waals surface area contributed by atoms with Crippen LogP contribution >= 0.6 is 18.9 Å². The fraction of sp³-hybridized carbons (Fsp3) is 0.583. The van der Waals surface area contributed by atoms with Crippen LogP contribution in [-0.2, 0) is 23.4 Å². The molecule has 0 radical (unpaired) electrons. The van der Waals surface area contributed by atoms with E-state index < -0.39 is 55.5 Å². The zero-order valence-corrected chi connectivity index (χ0v) is 33.1. The highest BCUT2D eigenvalue weighted by molar-refractivity contribution is 7.52. The summed E-state index contributed by atoms with van der Waals surface area (Å²) >= 11 is 1.47. The van der Waals surface area contributed by atoms with Crippen molar-refractivity contribution in [2.24, 2.45) is 11.1 Å². The number of pyridine rings is 1. The summed E-state index contributed by atoms with van der Waals surface area (Å²) in [5.74, 6) is -0.446. The quantitative estimate of drug-likeness (QED) is 0.170. The van der Waals surface area contributed by atoms with E-state index in [1.807, 2.05) is 38.1 Å². The molecule has 15 nitrogen and oxygen atoms in total. The van der Waals surface area contributed by atoms with Crippen LogP contribution in [0.1, 0.15) is 73.6 Å². The predicted octanol–water partition coefficient (Wildman–Crippen LogP) is 5.68. The molecule has 4 atom stereocenters. The minimum atomic E-state index is -3.96. The Balaban J connectivity index is 1.44. The standard InChI is InChI=1S/C36H51N6O9PS/c1-8-49-52(46,47)20-48-23-13-14-25-26(15-23)38-27(28-19-53-34(39-28)41(7)21(2)3)17-30(25)50-24-16-29(32(37)43)42(18-24)33(44)31(36(4,5)6)40-35(45)51-22-11-9-10-12-22/h13-15,17,19,21-22,24,29,31H,8-12,16,18,20H2,1-7H3,(H2,37,43)(H,40,45)(H,46,47)/t24-,29+,31-/m1/s1. The molecule has 1 aliphatic carbocycles. The molecule has 1 saturated heterocycles. The Morgan fingerprint density at radius 3 is 2.49 bits per heavy atom. The van der Waals surface area contributed by atoms with Crippen LogP contribution < -0.4 is 25.4 Å². The smallest absolute Gasteiger partial charge is 0.408 e. The second kappa shape index (κ2) is 16.6. The van der Waals surface area contributed by atoms with Gasteiger partial charge in [0.1, 0.15) is 41.5 Å². The Labute approximate surface area is 314 Å². The number of likely N-dealkylation sites (tertiary alicyclic amines) is 1. The maximum absolute atomic E-state index is 14.2. The van der Waals surface area contributed by atoms with Gasteiger partial charge < -0.3 is 44.5 Å². The first-order chi connectivity index (χ1) is 25.0. The summed E-state index contributed by atoms with van der Waals surface area (Å²) in [5.41, 5.74) is 6.70. The van der Waals surface area contributed by atoms with Crippen molar-refractivity contribution >= 4 is 52.9 Å². The minimum absolute atomic E-state index is 0.0297. The monoisotopic (exact) mass is 774 g/mol. The van der Waals surface area contributed by atoms with Crippen LogP contribution in [0.5, 0.6) is 11.5 Å². The van der Waals surface area contributed by atoms with E-state index in [0.717, 1.165) is 30.8 Å². The third-order valence-corrected chi connectivity index (χ3v) is 11.5. The first-order valence-electron chi connectivity index (χ1n) is 17.9. The number of hydrogen-bond acceptors (Lipinski definition) is 12. The highest BCUT2D eigenvalue weighted by Gasteiger charge is 2.45. The van der Waals surface area contributed by atoms with Crippen molar-refractivity contribution in [3.63, 3.8) is 0 Å². The molecule has 3 aromatic rings. The number of hydrogen-bond donors (Lipinski definition) is 3. The Morgan fingerprint density at radius 1 is 1.13 bits per heavy atom. The van der Waals surface area contributed by atoms with Crippen molar-refractivity contribution in [3.8, 4) is 22.9 Å². The van der Waals surface area contributed by atoms with Gasteiger partial charge in [-0.3, -0.25) is 14.2 Å². The fourth-order valence-corrected chi connectivity index (χ4v) is 8.06. The number of carbonyl (C=O) groups is 3. The summed E-state index contributed by atoms with van der Waals surface area (Å²) in [7, 11) is -2.00. The molecule has 5 rings (SSSR count). The van der Waals surface area contributed by atoms with Crippen molar-refractivity contribution in [1.82, 2.24) is 20.2 Å². The van der Waals surface area contributed by atoms with E-state index in [1.54, 1.807) is 31.2 Å². The van der Waals surface area contributed by atoms with Gasteiger partial charge in [0, 0.05) is 42.4 Å². The molecule has 2 aliphatic rings. The van der Waals surface area contributed by atoms with E-state index in [0.29, 0.717) is 33.8 Å². The Hall–Kier alpha value is -3.98. The number of rotatable bonds is 14. The molecule has 3 heterocycles. The number of carbonyl (C=O) groups excluding carboxylic acids is 3. The van der Waals surface area contributed by atoms with Gasteiger partial charge in [-0.25, -0.2) is 14.8 Å². The van der Waals surface area contributed by atoms with Gasteiger partial charge in [-0.15, -0.1) is 11.3 Å². The number of alkyl carbamates (subject to hydrolysis) is 1. The largest absolute Gasteiger partial charge is 0.488 e. The van der Waals surface area contributed by atoms with Gasteiger partial charge >= 0.3 is 13.7 Å². The van der Waals surface area contributed by atoms with E-state index >= 15 is 0 Å². The van der Waals surface area contributed by atoms with Crippen LogP contribution in [0.15, 0.2) is 29.6 Å². The van der Waals surface area contributed by atoms with Gasteiger partial charge in [0.15, 0.2) is 11.5 Å². The van der Waals surface area contributed by atoms with E-state index in [1.165, 1.54) is 16.2 Å². The summed E-state index contributed by atoms with van der Waals surface area (Å²) in [6.07, 6.45) is 1.61. The number of aromatic nitrogens is 2. The summed E-state index contributed by atoms with van der Waals surface area (Å²) in [5, 5.41) is 6.06. The van der Waals surface area contributed by atoms with Crippen molar-refractivity contribution in [1.29, 1.82) is 0 Å². The van der Waals surface area contributed by atoms with Crippen LogP contribution in [0.25, 0.3) is 22.3 Å². The number of ether oxygens (including phenoxy) is 3. The van der Waals surface area contributed by atoms with Gasteiger partial charge in [0.2, 0.25) is 11.8 Å². The molecule has 290 valence electrons. The molecule has 1 saturated carbocycles. The summed E-state index contributed by atoms with van der Waals surface area (Å²) < 4.78 is 35.0. The van der Waals surface area contributed by atoms with Gasteiger partial charge in [-0.2, -0.15) is 0 Å². The van der Waals surface area contributed by atoms with E-state index in [-0.39, 0.29) is 31.7 Å². The number of primary amides is 1. The number of nitrogens with two attached hydrogens (primary N) is 1. The lowest BCUT2D eigenvalue weighted by atomic mass is 9.85. The minimum Gasteiger partial charge on any atom is -0.488 e. The van der Waals surface area contributed by atoms with Crippen molar-refractivity contribution in [2.45, 2.75) is 104 Å². The number of nitrogens with one attached hydrogen (secondary N) is 1. The van der Waals surface area contributed by atoms with E-state index in [4.69, 9.17) is 34.4 Å². The van der Waals surface area contributed by atoms with Crippen molar-refractivity contribution < 1.29 is 42.6 Å². The zero-order valence-electron chi connectivity index (χ0n) is 31.4. The second-order valence-corrected chi connectivity index (χ2v) is 17.5. The topological polar surface area (TPSA) is 196 Å². The molecule has 2 aromatic heterocycles. The van der Waals surface area contributed by atoms with Gasteiger partial charge in [-0.05, 0) is 64.0 Å². The Bertz CT molecular complexity index is 1840. The zero-order chi connectivity index (χ0) is 38.7. The van der Waals surface area contributed by atoms with Crippen molar-refractivity contribution in [2.75, 3.05) is 31.4 Å². The van der Waals surface area contributed by atoms with Crippen LogP contribution in [0.2, 0.25) is 0 Å². The first kappa shape index (κ1) is 40.2. The molecule has 3 amide bonds. The highest BCUT2D eigenvalue weighted by atomic mass is 32.1. The highest BCUT2D eigenvalue weighted by Crippen LogP contribution is 2.42. The molecule has 53 heavy (non-hydrogen) atoms. The molecule has 2 fully saturated rings. The van der Waals surface area contributed by atoms with Crippen LogP contribution in [-0.4, -0.2) is 94.5 Å². The molecule has 4 N–H and O–H groups in total. The number of benzene rings is 1. The molecular weight excluding hydrogens is 723 g/mol. The normalized spacial score (nSPS) is 19.6. The van der Waals surface area contributed by atoms with Gasteiger partial charge in [-0.1, -0.05) is 20.8 Å². The molecule has 1 aromatic carbocycles. The van der Waals surface area contributed by atoms with Crippen LogP contribution in [0, 0.1) is 5.41 Å². The SMILES string of the molecule is CCOP(=O)(O)COc1ccc2c(O[C@@H]3C[C@@H](C(N)=O)N(C(=O)[C@@H](NC(=O)OC4CCCC4)C(C)(C)C)C3)cc(-c3csc(N(C)C(C)C)n3)nc2c1. The molecule has 0 spiro atoms. The molecule has 0 bridgehead atoms. The lowest BCUT2D eigenvalue weighted by molar-refractivity contribution is -0.141. The number of fused-ring (bicyclic) bond motifs is 1. The number of nitrogens with zero attached hydrogens (tertiary/aromatic N) is 4. The van der Waals surface area contributed by atoms with E-state index in [2.05, 4.69) is 19.2 Å². The molecule has 1 aliphatic heterocycles. The second-order valence-electron chi connectivity index (χ2n) is 14.9. The molecular formula is C36H51N6O9PS.